The Morgan fingerprint density at radius 2 is 2.08 bits per heavy atom. The van der Waals surface area contributed by atoms with E-state index in [1.807, 2.05) is 0 Å². The Labute approximate surface area is 143 Å². The topological polar surface area (TPSA) is 38.8 Å². The molecule has 7 atom stereocenters. The summed E-state index contributed by atoms with van der Waals surface area (Å²) in [6.07, 6.45) is 3.38. The zero-order valence-corrected chi connectivity index (χ0v) is 15.0. The number of fused-ring (bicyclic) bond motifs is 7. The highest BCUT2D eigenvalue weighted by Crippen LogP contribution is 2.71. The standard InChI is InChI=1S/C21H26O3/c1-11-9-12-10-13(23-4)5-6-14(12)15-7-8-20(2)19-17(24-19)18(22)21(20,3)16(11)15/h5-6,10-11,15-17,19H,7-9H2,1-4H3/t11-,15-,16-,17+,19+,20-,21+/m1/s1. The van der Waals surface area contributed by atoms with Gasteiger partial charge in [0.2, 0.25) is 0 Å². The van der Waals surface area contributed by atoms with E-state index in [2.05, 4.69) is 39.0 Å². The average Bonchev–Trinajstić information content (AvgIpc) is 3.34. The molecule has 3 heteroatoms. The van der Waals surface area contributed by atoms with Gasteiger partial charge in [0.05, 0.1) is 13.2 Å². The van der Waals surface area contributed by atoms with Crippen LogP contribution in [0.4, 0.5) is 0 Å². The summed E-state index contributed by atoms with van der Waals surface area (Å²) in [5.74, 6) is 2.77. The van der Waals surface area contributed by atoms with Crippen molar-refractivity contribution < 1.29 is 14.3 Å². The molecule has 1 aromatic carbocycles. The highest BCUT2D eigenvalue weighted by Gasteiger charge is 2.77. The summed E-state index contributed by atoms with van der Waals surface area (Å²) in [5, 5.41) is 0. The van der Waals surface area contributed by atoms with Crippen LogP contribution in [0.2, 0.25) is 0 Å². The molecule has 128 valence electrons. The van der Waals surface area contributed by atoms with Gasteiger partial charge in [0.1, 0.15) is 11.9 Å². The van der Waals surface area contributed by atoms with Gasteiger partial charge < -0.3 is 9.47 Å². The number of hydrogen-bond donors (Lipinski definition) is 0. The molecular weight excluding hydrogens is 300 g/mol. The van der Waals surface area contributed by atoms with Crippen molar-refractivity contribution in [1.29, 1.82) is 0 Å². The van der Waals surface area contributed by atoms with Crippen molar-refractivity contribution in [2.24, 2.45) is 22.7 Å². The second kappa shape index (κ2) is 4.43. The number of rotatable bonds is 1. The second-order valence-electron chi connectivity index (χ2n) is 8.88. The number of hydrogen-bond acceptors (Lipinski definition) is 3. The molecule has 1 heterocycles. The normalized spacial score (nSPS) is 48.2. The van der Waals surface area contributed by atoms with Crippen LogP contribution >= 0.6 is 0 Å². The van der Waals surface area contributed by atoms with E-state index in [4.69, 9.17) is 9.47 Å². The summed E-state index contributed by atoms with van der Waals surface area (Å²) in [7, 11) is 1.73. The number of epoxide rings is 1. The minimum absolute atomic E-state index is 0.0220. The summed E-state index contributed by atoms with van der Waals surface area (Å²) < 4.78 is 11.2. The first-order valence-electron chi connectivity index (χ1n) is 9.28. The second-order valence-corrected chi connectivity index (χ2v) is 8.88. The zero-order valence-electron chi connectivity index (χ0n) is 15.0. The van der Waals surface area contributed by atoms with Gasteiger partial charge in [0, 0.05) is 10.8 Å². The van der Waals surface area contributed by atoms with Crippen molar-refractivity contribution >= 4 is 5.78 Å². The molecule has 0 bridgehead atoms. The van der Waals surface area contributed by atoms with Crippen LogP contribution in [-0.2, 0) is 16.0 Å². The molecule has 0 aromatic heterocycles. The van der Waals surface area contributed by atoms with E-state index in [9.17, 15) is 4.79 Å². The quantitative estimate of drug-likeness (QED) is 0.738. The largest absolute Gasteiger partial charge is 0.497 e. The smallest absolute Gasteiger partial charge is 0.171 e. The van der Waals surface area contributed by atoms with Crippen LogP contribution in [-0.4, -0.2) is 25.1 Å². The predicted octanol–water partition coefficient (Wildman–Crippen LogP) is 3.74. The molecule has 24 heavy (non-hydrogen) atoms. The van der Waals surface area contributed by atoms with Crippen molar-refractivity contribution in [2.75, 3.05) is 7.11 Å². The third kappa shape index (κ3) is 1.51. The predicted molar refractivity (Wildman–Crippen MR) is 91.2 cm³/mol. The van der Waals surface area contributed by atoms with Crippen molar-refractivity contribution in [2.45, 2.75) is 58.2 Å². The number of methoxy groups -OCH3 is 1. The number of ketones is 1. The molecule has 3 aliphatic carbocycles. The molecular formula is C21H26O3. The molecule has 3 nitrogen and oxygen atoms in total. The van der Waals surface area contributed by atoms with E-state index in [1.54, 1.807) is 7.11 Å². The maximum Gasteiger partial charge on any atom is 0.171 e. The molecule has 0 amide bonds. The van der Waals surface area contributed by atoms with E-state index in [1.165, 1.54) is 17.5 Å². The lowest BCUT2D eigenvalue weighted by atomic mass is 9.45. The van der Waals surface area contributed by atoms with Gasteiger partial charge >= 0.3 is 0 Å². The minimum atomic E-state index is -0.236. The fourth-order valence-corrected chi connectivity index (χ4v) is 6.69. The van der Waals surface area contributed by atoms with Gasteiger partial charge in [-0.15, -0.1) is 0 Å². The van der Waals surface area contributed by atoms with Gasteiger partial charge in [-0.2, -0.15) is 0 Å². The molecule has 3 fully saturated rings. The molecule has 1 aromatic rings. The summed E-state index contributed by atoms with van der Waals surface area (Å²) in [5.41, 5.74) is 2.66. The van der Waals surface area contributed by atoms with Gasteiger partial charge in [-0.3, -0.25) is 4.79 Å². The number of carbonyl (C=O) groups excluding carboxylic acids is 1. The summed E-state index contributed by atoms with van der Waals surface area (Å²) >= 11 is 0. The van der Waals surface area contributed by atoms with E-state index in [-0.39, 0.29) is 23.0 Å². The Bertz CT molecular complexity index is 741. The molecule has 5 rings (SSSR count). The Balaban J connectivity index is 1.63. The van der Waals surface area contributed by atoms with Crippen LogP contribution in [0.5, 0.6) is 5.75 Å². The number of benzene rings is 1. The lowest BCUT2D eigenvalue weighted by Crippen LogP contribution is -2.56. The highest BCUT2D eigenvalue weighted by atomic mass is 16.6. The van der Waals surface area contributed by atoms with E-state index in [0.717, 1.165) is 18.6 Å². The van der Waals surface area contributed by atoms with Crippen molar-refractivity contribution in [3.63, 3.8) is 0 Å². The van der Waals surface area contributed by atoms with E-state index >= 15 is 0 Å². The lowest BCUT2D eigenvalue weighted by Gasteiger charge is -2.57. The lowest BCUT2D eigenvalue weighted by molar-refractivity contribution is -0.152. The van der Waals surface area contributed by atoms with Gasteiger partial charge in [0.25, 0.3) is 0 Å². The molecule has 0 spiro atoms. The molecule has 0 N–H and O–H groups in total. The van der Waals surface area contributed by atoms with Crippen molar-refractivity contribution in [3.8, 4) is 5.75 Å². The average molecular weight is 326 g/mol. The fourth-order valence-electron chi connectivity index (χ4n) is 6.69. The fraction of sp³-hybridized carbons (Fsp3) is 0.667. The molecule has 1 saturated heterocycles. The van der Waals surface area contributed by atoms with Crippen LogP contribution in [0.15, 0.2) is 18.2 Å². The van der Waals surface area contributed by atoms with Crippen LogP contribution in [0, 0.1) is 22.7 Å². The first-order chi connectivity index (χ1) is 11.4. The third-order valence-corrected chi connectivity index (χ3v) is 8.06. The van der Waals surface area contributed by atoms with Crippen LogP contribution in [0.25, 0.3) is 0 Å². The Kier molecular flexibility index (Phi) is 2.76. The molecule has 0 radical (unpaired) electrons. The monoisotopic (exact) mass is 326 g/mol. The summed E-state index contributed by atoms with van der Waals surface area (Å²) in [4.78, 5) is 13.2. The number of ether oxygens (including phenoxy) is 2. The number of carbonyl (C=O) groups is 1. The maximum atomic E-state index is 13.2. The highest BCUT2D eigenvalue weighted by molar-refractivity contribution is 5.96. The van der Waals surface area contributed by atoms with Crippen molar-refractivity contribution in [3.05, 3.63) is 29.3 Å². The summed E-state index contributed by atoms with van der Waals surface area (Å²) in [6, 6.07) is 6.54. The molecule has 4 aliphatic rings. The van der Waals surface area contributed by atoms with E-state index < -0.39 is 0 Å². The minimum Gasteiger partial charge on any atom is -0.497 e. The maximum absolute atomic E-state index is 13.2. The Hall–Kier alpha value is -1.35. The SMILES string of the molecule is COc1ccc2c(c1)C[C@@H](C)[C@@H]1[C@@H]2CC[C@]2(C)[C@H]3O[C@H]3C(=O)[C@]12C. The zero-order chi connectivity index (χ0) is 16.9. The van der Waals surface area contributed by atoms with Crippen molar-refractivity contribution in [1.82, 2.24) is 0 Å². The van der Waals surface area contributed by atoms with Gasteiger partial charge in [0.15, 0.2) is 5.78 Å². The molecule has 1 aliphatic heterocycles. The van der Waals surface area contributed by atoms with Crippen LogP contribution in [0.1, 0.15) is 50.7 Å². The first kappa shape index (κ1) is 14.9. The summed E-state index contributed by atoms with van der Waals surface area (Å²) in [6.45, 7) is 6.91. The Morgan fingerprint density at radius 1 is 1.29 bits per heavy atom. The first-order valence-corrected chi connectivity index (χ1v) is 9.28. The van der Waals surface area contributed by atoms with Gasteiger partial charge in [-0.1, -0.05) is 26.8 Å². The third-order valence-electron chi connectivity index (χ3n) is 8.06. The van der Waals surface area contributed by atoms with Gasteiger partial charge in [-0.05, 0) is 60.3 Å². The van der Waals surface area contributed by atoms with E-state index in [0.29, 0.717) is 23.5 Å². The Morgan fingerprint density at radius 3 is 2.83 bits per heavy atom. The van der Waals surface area contributed by atoms with Crippen LogP contribution in [0.3, 0.4) is 0 Å². The van der Waals surface area contributed by atoms with Gasteiger partial charge in [-0.25, -0.2) is 0 Å². The molecule has 0 unspecified atom stereocenters. The molecule has 2 saturated carbocycles. The van der Waals surface area contributed by atoms with Crippen LogP contribution < -0.4 is 4.74 Å². The number of Topliss-reactive ketones (excluding diaryl/α,β-unsaturated/α-hetero) is 1.